The van der Waals surface area contributed by atoms with Gasteiger partial charge in [-0.1, -0.05) is 6.92 Å². The molecule has 0 spiro atoms. The van der Waals surface area contributed by atoms with Crippen LogP contribution in [0.2, 0.25) is 0 Å². The van der Waals surface area contributed by atoms with E-state index < -0.39 is 0 Å². The number of nitrogens with two attached hydrogens (primary N) is 1. The van der Waals surface area contributed by atoms with Crippen LogP contribution in [0.1, 0.15) is 19.8 Å². The van der Waals surface area contributed by atoms with Gasteiger partial charge < -0.3 is 20.9 Å². The number of primary amides is 1. The lowest BCUT2D eigenvalue weighted by Gasteiger charge is -2.37. The molecule has 0 aromatic carbocycles. The number of hydrogen-bond donors (Lipinski definition) is 2. The van der Waals surface area contributed by atoms with Crippen LogP contribution < -0.4 is 11.1 Å². The number of nitrogens with one attached hydrogen (secondary N) is 1. The molecule has 0 aliphatic carbocycles. The summed E-state index contributed by atoms with van der Waals surface area (Å²) in [5.41, 5.74) is 5.33. The second-order valence-corrected chi connectivity index (χ2v) is 4.85. The Kier molecular flexibility index (Phi) is 5.88. The molecule has 100 valence electrons. The van der Waals surface area contributed by atoms with E-state index in [-0.39, 0.29) is 11.9 Å². The van der Waals surface area contributed by atoms with E-state index in [0.717, 1.165) is 19.6 Å². The minimum Gasteiger partial charge on any atom is -0.368 e. The predicted octanol–water partition coefficient (Wildman–Crippen LogP) is -0.524. The Morgan fingerprint density at radius 1 is 1.53 bits per heavy atom. The lowest BCUT2D eigenvalue weighted by Crippen LogP contribution is -2.51. The molecule has 0 aromatic rings. The topological polar surface area (TPSA) is 61.6 Å². The number of likely N-dealkylation sites (tertiary alicyclic amines) is 1. The molecule has 0 saturated carbocycles. The first kappa shape index (κ1) is 14.4. The maximum Gasteiger partial charge on any atom is 0.235 e. The predicted molar refractivity (Wildman–Crippen MR) is 69.8 cm³/mol. The first-order chi connectivity index (χ1) is 8.08. The Morgan fingerprint density at radius 3 is 2.53 bits per heavy atom. The Hall–Kier alpha value is -0.650. The lowest BCUT2D eigenvalue weighted by atomic mass is 10.0. The molecular weight excluding hydrogens is 216 g/mol. The zero-order valence-electron chi connectivity index (χ0n) is 11.3. The summed E-state index contributed by atoms with van der Waals surface area (Å²) in [4.78, 5) is 15.9. The van der Waals surface area contributed by atoms with Gasteiger partial charge in [-0.2, -0.15) is 0 Å². The summed E-state index contributed by atoms with van der Waals surface area (Å²) in [6, 6.07) is 0.331. The van der Waals surface area contributed by atoms with Crippen molar-refractivity contribution in [3.63, 3.8) is 0 Å². The van der Waals surface area contributed by atoms with Crippen molar-refractivity contribution in [1.82, 2.24) is 15.1 Å². The highest BCUT2D eigenvalue weighted by Crippen LogP contribution is 2.15. The van der Waals surface area contributed by atoms with E-state index in [9.17, 15) is 4.79 Å². The first-order valence-corrected chi connectivity index (χ1v) is 6.47. The van der Waals surface area contributed by atoms with Crippen LogP contribution >= 0.6 is 0 Å². The smallest absolute Gasteiger partial charge is 0.235 e. The monoisotopic (exact) mass is 242 g/mol. The van der Waals surface area contributed by atoms with E-state index in [2.05, 4.69) is 29.1 Å². The third kappa shape index (κ3) is 4.26. The molecule has 3 N–H and O–H groups in total. The molecule has 1 atom stereocenters. The summed E-state index contributed by atoms with van der Waals surface area (Å²) in [6.07, 6.45) is 2.36. The Labute approximate surface area is 104 Å². The molecule has 0 aromatic heterocycles. The number of hydrogen-bond acceptors (Lipinski definition) is 4. The van der Waals surface area contributed by atoms with Crippen LogP contribution in [0.15, 0.2) is 0 Å². The number of carbonyl (C=O) groups excluding carboxylic acids is 1. The van der Waals surface area contributed by atoms with Crippen molar-refractivity contribution in [1.29, 1.82) is 0 Å². The zero-order valence-corrected chi connectivity index (χ0v) is 11.3. The van der Waals surface area contributed by atoms with E-state index in [1.807, 2.05) is 0 Å². The van der Waals surface area contributed by atoms with Crippen LogP contribution in [-0.4, -0.2) is 68.1 Å². The van der Waals surface area contributed by atoms with Crippen molar-refractivity contribution in [3.8, 4) is 0 Å². The highest BCUT2D eigenvalue weighted by molar-refractivity contribution is 5.80. The fourth-order valence-electron chi connectivity index (χ4n) is 2.44. The number of nitrogens with zero attached hydrogens (tertiary/aromatic N) is 2. The molecule has 1 unspecified atom stereocenters. The minimum absolute atomic E-state index is 0.246. The molecule has 1 amide bonds. The Morgan fingerprint density at radius 2 is 2.12 bits per heavy atom. The van der Waals surface area contributed by atoms with Crippen LogP contribution in [0.5, 0.6) is 0 Å². The van der Waals surface area contributed by atoms with E-state index in [1.54, 1.807) is 7.05 Å². The second-order valence-electron chi connectivity index (χ2n) is 4.85. The van der Waals surface area contributed by atoms with Crippen molar-refractivity contribution in [2.75, 3.05) is 40.3 Å². The number of carbonyl (C=O) groups is 1. The average molecular weight is 242 g/mol. The van der Waals surface area contributed by atoms with Gasteiger partial charge in [0.05, 0.1) is 6.04 Å². The molecule has 1 heterocycles. The molecule has 17 heavy (non-hydrogen) atoms. The van der Waals surface area contributed by atoms with Crippen LogP contribution in [0.4, 0.5) is 0 Å². The third-order valence-electron chi connectivity index (χ3n) is 3.79. The summed E-state index contributed by atoms with van der Waals surface area (Å²) >= 11 is 0. The molecule has 1 aliphatic rings. The molecule has 1 fully saturated rings. The van der Waals surface area contributed by atoms with Crippen LogP contribution in [0.3, 0.4) is 0 Å². The van der Waals surface area contributed by atoms with Gasteiger partial charge in [-0.25, -0.2) is 0 Å². The lowest BCUT2D eigenvalue weighted by molar-refractivity contribution is -0.120. The van der Waals surface area contributed by atoms with Crippen molar-refractivity contribution in [2.45, 2.75) is 31.8 Å². The van der Waals surface area contributed by atoms with Crippen molar-refractivity contribution >= 4 is 5.91 Å². The molecule has 0 bridgehead atoms. The van der Waals surface area contributed by atoms with Crippen LogP contribution in [-0.2, 0) is 4.79 Å². The standard InChI is InChI=1S/C12H26N4O/c1-4-16-7-5-10(6-8-16)15(3)9-11(14-2)12(13)17/h10-11,14H,4-9H2,1-3H3,(H2,13,17). The Bertz CT molecular complexity index is 239. The normalized spacial score (nSPS) is 20.7. The molecule has 1 saturated heterocycles. The number of rotatable bonds is 6. The number of amides is 1. The molecule has 5 nitrogen and oxygen atoms in total. The maximum absolute atomic E-state index is 11.2. The van der Waals surface area contributed by atoms with E-state index in [4.69, 9.17) is 5.73 Å². The van der Waals surface area contributed by atoms with Gasteiger partial charge in [0, 0.05) is 12.6 Å². The average Bonchev–Trinajstić information content (AvgIpc) is 2.35. The fraction of sp³-hybridized carbons (Fsp3) is 0.917. The van der Waals surface area contributed by atoms with Crippen LogP contribution in [0.25, 0.3) is 0 Å². The second kappa shape index (κ2) is 6.93. The van der Waals surface area contributed by atoms with E-state index in [0.29, 0.717) is 12.6 Å². The molecular formula is C12H26N4O. The van der Waals surface area contributed by atoms with E-state index in [1.165, 1.54) is 12.8 Å². The van der Waals surface area contributed by atoms with Crippen molar-refractivity contribution in [2.24, 2.45) is 5.73 Å². The van der Waals surface area contributed by atoms with Crippen LogP contribution in [0, 0.1) is 0 Å². The van der Waals surface area contributed by atoms with Gasteiger partial charge in [-0.3, -0.25) is 4.79 Å². The van der Waals surface area contributed by atoms with Crippen molar-refractivity contribution < 1.29 is 4.79 Å². The molecule has 1 rings (SSSR count). The van der Waals surface area contributed by atoms with Gasteiger partial charge in [0.1, 0.15) is 0 Å². The minimum atomic E-state index is -0.273. The van der Waals surface area contributed by atoms with E-state index >= 15 is 0 Å². The van der Waals surface area contributed by atoms with Gasteiger partial charge in [0.15, 0.2) is 0 Å². The highest BCUT2D eigenvalue weighted by atomic mass is 16.1. The SMILES string of the molecule is CCN1CCC(N(C)CC(NC)C(N)=O)CC1. The third-order valence-corrected chi connectivity index (χ3v) is 3.79. The van der Waals surface area contributed by atoms with Gasteiger partial charge in [0.2, 0.25) is 5.91 Å². The molecule has 0 radical (unpaired) electrons. The van der Waals surface area contributed by atoms with Gasteiger partial charge in [-0.15, -0.1) is 0 Å². The van der Waals surface area contributed by atoms with Gasteiger partial charge >= 0.3 is 0 Å². The van der Waals surface area contributed by atoms with Gasteiger partial charge in [0.25, 0.3) is 0 Å². The maximum atomic E-state index is 11.2. The summed E-state index contributed by atoms with van der Waals surface area (Å²) in [7, 11) is 3.86. The summed E-state index contributed by atoms with van der Waals surface area (Å²) < 4.78 is 0. The summed E-state index contributed by atoms with van der Waals surface area (Å²) in [5, 5.41) is 2.96. The molecule has 5 heteroatoms. The zero-order chi connectivity index (χ0) is 12.8. The number of piperidine rings is 1. The largest absolute Gasteiger partial charge is 0.368 e. The summed E-state index contributed by atoms with van der Waals surface area (Å²) in [6.45, 7) is 6.35. The first-order valence-electron chi connectivity index (χ1n) is 6.47. The number of likely N-dealkylation sites (N-methyl/N-ethyl adjacent to an activating group) is 2. The molecule has 1 aliphatic heterocycles. The Balaban J connectivity index is 2.38. The quantitative estimate of drug-likeness (QED) is 0.658. The van der Waals surface area contributed by atoms with Crippen molar-refractivity contribution in [3.05, 3.63) is 0 Å². The summed E-state index contributed by atoms with van der Waals surface area (Å²) in [5.74, 6) is -0.273. The fourth-order valence-corrected chi connectivity index (χ4v) is 2.44. The highest BCUT2D eigenvalue weighted by Gasteiger charge is 2.24. The van der Waals surface area contributed by atoms with Gasteiger partial charge in [-0.05, 0) is 46.6 Å².